The van der Waals surface area contributed by atoms with E-state index in [0.717, 1.165) is 13.0 Å². The molecular weight excluding hydrogens is 272 g/mol. The molecule has 1 N–H and O–H groups in total. The Morgan fingerprint density at radius 1 is 1.38 bits per heavy atom. The van der Waals surface area contributed by atoms with E-state index in [1.54, 1.807) is 18.2 Å². The van der Waals surface area contributed by atoms with E-state index in [2.05, 4.69) is 10.3 Å². The molecular formula is C14H16N4O3. The lowest BCUT2D eigenvalue weighted by Gasteiger charge is -2.15. The van der Waals surface area contributed by atoms with Crippen LogP contribution >= 0.6 is 0 Å². The van der Waals surface area contributed by atoms with Gasteiger partial charge >= 0.3 is 5.97 Å². The van der Waals surface area contributed by atoms with Gasteiger partial charge in [0.1, 0.15) is 5.52 Å². The summed E-state index contributed by atoms with van der Waals surface area (Å²) in [5.74, 6) is -0.629. The predicted octanol–water partition coefficient (Wildman–Crippen LogP) is 0.546. The van der Waals surface area contributed by atoms with Crippen LogP contribution in [0.1, 0.15) is 12.8 Å². The Labute approximate surface area is 120 Å². The van der Waals surface area contributed by atoms with Gasteiger partial charge in [-0.05, 0) is 24.5 Å². The SMILES string of the molecule is O=C(O)CC1CCN(Cn2nnc3ccccc3c2=O)C1. The molecule has 7 heteroatoms. The number of nitrogens with zero attached hydrogens (tertiary/aromatic N) is 4. The van der Waals surface area contributed by atoms with Crippen molar-refractivity contribution >= 4 is 16.9 Å². The molecule has 0 amide bonds. The molecule has 1 unspecified atom stereocenters. The monoisotopic (exact) mass is 288 g/mol. The van der Waals surface area contributed by atoms with Crippen molar-refractivity contribution in [1.29, 1.82) is 0 Å². The number of carboxylic acids is 1. The van der Waals surface area contributed by atoms with Crippen molar-refractivity contribution in [1.82, 2.24) is 19.9 Å². The molecule has 2 heterocycles. The summed E-state index contributed by atoms with van der Waals surface area (Å²) in [5.41, 5.74) is 0.422. The van der Waals surface area contributed by atoms with Crippen molar-refractivity contribution in [2.45, 2.75) is 19.5 Å². The largest absolute Gasteiger partial charge is 0.481 e. The average Bonchev–Trinajstić information content (AvgIpc) is 2.89. The highest BCUT2D eigenvalue weighted by Gasteiger charge is 2.25. The van der Waals surface area contributed by atoms with Gasteiger partial charge in [-0.25, -0.2) is 0 Å². The Kier molecular flexibility index (Phi) is 3.66. The number of hydrogen-bond acceptors (Lipinski definition) is 5. The topological polar surface area (TPSA) is 88.3 Å². The Hall–Kier alpha value is -2.28. The fourth-order valence-corrected chi connectivity index (χ4v) is 2.76. The summed E-state index contributed by atoms with van der Waals surface area (Å²) in [7, 11) is 0. The first-order chi connectivity index (χ1) is 10.1. The maximum atomic E-state index is 12.3. The van der Waals surface area contributed by atoms with Crippen LogP contribution in [0.25, 0.3) is 10.9 Å². The number of hydrogen-bond donors (Lipinski definition) is 1. The maximum Gasteiger partial charge on any atom is 0.303 e. The van der Waals surface area contributed by atoms with Crippen LogP contribution in [-0.2, 0) is 11.5 Å². The average molecular weight is 288 g/mol. The molecule has 1 aliphatic heterocycles. The van der Waals surface area contributed by atoms with Crippen LogP contribution in [0.3, 0.4) is 0 Å². The second kappa shape index (κ2) is 5.61. The number of carbonyl (C=O) groups is 1. The fraction of sp³-hybridized carbons (Fsp3) is 0.429. The molecule has 0 saturated carbocycles. The molecule has 1 saturated heterocycles. The Balaban J connectivity index is 1.76. The molecule has 3 rings (SSSR count). The summed E-state index contributed by atoms with van der Waals surface area (Å²) in [5, 5.41) is 17.4. The summed E-state index contributed by atoms with van der Waals surface area (Å²) in [6.07, 6.45) is 1.01. The van der Waals surface area contributed by atoms with E-state index in [4.69, 9.17) is 5.11 Å². The van der Waals surface area contributed by atoms with Crippen molar-refractivity contribution in [2.75, 3.05) is 13.1 Å². The highest BCUT2D eigenvalue weighted by atomic mass is 16.4. The van der Waals surface area contributed by atoms with Crippen LogP contribution in [-0.4, -0.2) is 44.1 Å². The van der Waals surface area contributed by atoms with Gasteiger partial charge in [-0.15, -0.1) is 5.10 Å². The molecule has 0 spiro atoms. The van der Waals surface area contributed by atoms with Gasteiger partial charge in [0, 0.05) is 19.5 Å². The number of carboxylic acid groups (broad SMARTS) is 1. The first-order valence-corrected chi connectivity index (χ1v) is 6.90. The third kappa shape index (κ3) is 2.92. The lowest BCUT2D eigenvalue weighted by Crippen LogP contribution is -2.33. The summed E-state index contributed by atoms with van der Waals surface area (Å²) in [4.78, 5) is 25.1. The van der Waals surface area contributed by atoms with E-state index in [9.17, 15) is 9.59 Å². The van der Waals surface area contributed by atoms with E-state index < -0.39 is 5.97 Å². The smallest absolute Gasteiger partial charge is 0.303 e. The van der Waals surface area contributed by atoms with Crippen molar-refractivity contribution in [3.63, 3.8) is 0 Å². The number of aromatic nitrogens is 3. The van der Waals surface area contributed by atoms with Gasteiger partial charge < -0.3 is 5.11 Å². The number of rotatable bonds is 4. The van der Waals surface area contributed by atoms with Gasteiger partial charge in [0.2, 0.25) is 0 Å². The van der Waals surface area contributed by atoms with E-state index >= 15 is 0 Å². The van der Waals surface area contributed by atoms with Crippen LogP contribution in [0.15, 0.2) is 29.1 Å². The summed E-state index contributed by atoms with van der Waals surface area (Å²) < 4.78 is 1.34. The Bertz CT molecular complexity index is 727. The highest BCUT2D eigenvalue weighted by Crippen LogP contribution is 2.19. The summed E-state index contributed by atoms with van der Waals surface area (Å²) >= 11 is 0. The molecule has 1 aromatic heterocycles. The van der Waals surface area contributed by atoms with Gasteiger partial charge in [-0.2, -0.15) is 4.68 Å². The molecule has 0 radical (unpaired) electrons. The van der Waals surface area contributed by atoms with Crippen molar-refractivity contribution in [3.8, 4) is 0 Å². The normalized spacial score (nSPS) is 19.1. The quantitative estimate of drug-likeness (QED) is 0.883. The molecule has 1 atom stereocenters. The van der Waals surface area contributed by atoms with Gasteiger partial charge in [0.05, 0.1) is 12.1 Å². The number of benzene rings is 1. The Morgan fingerprint density at radius 3 is 3.00 bits per heavy atom. The number of likely N-dealkylation sites (tertiary alicyclic amines) is 1. The third-order valence-electron chi connectivity index (χ3n) is 3.80. The van der Waals surface area contributed by atoms with Crippen LogP contribution in [0.2, 0.25) is 0 Å². The predicted molar refractivity (Wildman–Crippen MR) is 75.7 cm³/mol. The Morgan fingerprint density at radius 2 is 2.19 bits per heavy atom. The van der Waals surface area contributed by atoms with E-state index in [0.29, 0.717) is 24.1 Å². The molecule has 1 aromatic carbocycles. The van der Waals surface area contributed by atoms with Gasteiger partial charge in [0.15, 0.2) is 0 Å². The summed E-state index contributed by atoms with van der Waals surface area (Å²) in [6, 6.07) is 7.11. The zero-order valence-electron chi connectivity index (χ0n) is 11.5. The minimum Gasteiger partial charge on any atom is -0.481 e. The molecule has 110 valence electrons. The molecule has 7 nitrogen and oxygen atoms in total. The molecule has 21 heavy (non-hydrogen) atoms. The molecule has 2 aromatic rings. The van der Waals surface area contributed by atoms with E-state index in [1.165, 1.54) is 4.68 Å². The molecule has 0 bridgehead atoms. The first-order valence-electron chi connectivity index (χ1n) is 6.90. The standard InChI is InChI=1S/C14H16N4O3/c19-13(20)7-10-5-6-17(8-10)9-18-14(21)11-3-1-2-4-12(11)15-16-18/h1-4,10H,5-9H2,(H,19,20). The zero-order valence-corrected chi connectivity index (χ0v) is 11.5. The lowest BCUT2D eigenvalue weighted by molar-refractivity contribution is -0.138. The maximum absolute atomic E-state index is 12.3. The summed E-state index contributed by atoms with van der Waals surface area (Å²) in [6.45, 7) is 1.80. The van der Waals surface area contributed by atoms with Gasteiger partial charge in [0.25, 0.3) is 5.56 Å². The van der Waals surface area contributed by atoms with Gasteiger partial charge in [-0.1, -0.05) is 17.3 Å². The van der Waals surface area contributed by atoms with Crippen LogP contribution < -0.4 is 5.56 Å². The number of fused-ring (bicyclic) bond motifs is 1. The number of aliphatic carboxylic acids is 1. The fourth-order valence-electron chi connectivity index (χ4n) is 2.76. The first kappa shape index (κ1) is 13.7. The van der Waals surface area contributed by atoms with E-state index in [1.807, 2.05) is 11.0 Å². The second-order valence-electron chi connectivity index (χ2n) is 5.38. The molecule has 0 aliphatic carbocycles. The van der Waals surface area contributed by atoms with Crippen molar-refractivity contribution in [3.05, 3.63) is 34.6 Å². The van der Waals surface area contributed by atoms with Crippen LogP contribution in [0.5, 0.6) is 0 Å². The molecule has 1 aliphatic rings. The van der Waals surface area contributed by atoms with Crippen LogP contribution in [0.4, 0.5) is 0 Å². The van der Waals surface area contributed by atoms with Crippen molar-refractivity contribution in [2.24, 2.45) is 5.92 Å². The van der Waals surface area contributed by atoms with E-state index in [-0.39, 0.29) is 17.9 Å². The van der Waals surface area contributed by atoms with Crippen molar-refractivity contribution < 1.29 is 9.90 Å². The lowest BCUT2D eigenvalue weighted by atomic mass is 10.1. The minimum atomic E-state index is -0.774. The van der Waals surface area contributed by atoms with Gasteiger partial charge in [-0.3, -0.25) is 14.5 Å². The van der Waals surface area contributed by atoms with Crippen LogP contribution in [0, 0.1) is 5.92 Å². The highest BCUT2D eigenvalue weighted by molar-refractivity contribution is 5.76. The minimum absolute atomic E-state index is 0.145. The third-order valence-corrected chi connectivity index (χ3v) is 3.80. The zero-order chi connectivity index (χ0) is 14.8. The molecule has 1 fully saturated rings. The second-order valence-corrected chi connectivity index (χ2v) is 5.38.